The van der Waals surface area contributed by atoms with Crippen molar-refractivity contribution in [1.29, 1.82) is 0 Å². The summed E-state index contributed by atoms with van der Waals surface area (Å²) in [6, 6.07) is 2.91. The smallest absolute Gasteiger partial charge is 0.321 e. The Morgan fingerprint density at radius 2 is 2.28 bits per heavy atom. The summed E-state index contributed by atoms with van der Waals surface area (Å²) in [5.41, 5.74) is 3.42. The quantitative estimate of drug-likeness (QED) is 0.459. The van der Waals surface area contributed by atoms with E-state index in [9.17, 15) is 14.9 Å². The third kappa shape index (κ3) is 4.00. The monoisotopic (exact) mass is 252 g/mol. The molecule has 98 valence electrons. The van der Waals surface area contributed by atoms with Gasteiger partial charge in [0.25, 0.3) is 0 Å². The first kappa shape index (κ1) is 13.9. The van der Waals surface area contributed by atoms with Crippen LogP contribution in [0.3, 0.4) is 0 Å². The van der Waals surface area contributed by atoms with Crippen LogP contribution in [0.1, 0.15) is 38.8 Å². The molecule has 18 heavy (non-hydrogen) atoms. The molecule has 0 atom stereocenters. The van der Waals surface area contributed by atoms with Gasteiger partial charge in [-0.3, -0.25) is 4.79 Å². The molecule has 0 aliphatic rings. The Morgan fingerprint density at radius 1 is 1.56 bits per heavy atom. The highest BCUT2D eigenvalue weighted by molar-refractivity contribution is 5.98. The van der Waals surface area contributed by atoms with Gasteiger partial charge in [-0.2, -0.15) is 5.10 Å². The van der Waals surface area contributed by atoms with Gasteiger partial charge in [-0.15, -0.1) is 0 Å². The Labute approximate surface area is 104 Å². The van der Waals surface area contributed by atoms with Crippen molar-refractivity contribution in [1.82, 2.24) is 10.4 Å². The maximum atomic E-state index is 11.3. The number of H-pyrrole nitrogens is 1. The number of nitrogens with zero attached hydrogens (tertiary/aromatic N) is 2. The Morgan fingerprint density at radius 3 is 2.83 bits per heavy atom. The molecule has 1 rings (SSSR count). The van der Waals surface area contributed by atoms with Crippen LogP contribution in [-0.4, -0.2) is 21.5 Å². The molecule has 0 radical (unpaired) electrons. The standard InChI is InChI=1S/C11H16N4O3/c1-3-4-5-11(16)14-13-8(2)9-6-7-10(12-9)15(17)18/h6-7,12H,3-5H2,1-2H3,(H,14,16)/b13-8+. The summed E-state index contributed by atoms with van der Waals surface area (Å²) in [5, 5.41) is 14.4. The minimum atomic E-state index is -0.517. The van der Waals surface area contributed by atoms with Crippen molar-refractivity contribution in [3.8, 4) is 0 Å². The molecule has 0 aromatic carbocycles. The summed E-state index contributed by atoms with van der Waals surface area (Å²) in [4.78, 5) is 23.9. The van der Waals surface area contributed by atoms with E-state index in [0.717, 1.165) is 12.8 Å². The Balaban J connectivity index is 2.59. The second-order valence-corrected chi connectivity index (χ2v) is 3.85. The second-order valence-electron chi connectivity index (χ2n) is 3.85. The Kier molecular flexibility index (Phi) is 5.04. The zero-order chi connectivity index (χ0) is 13.5. The number of unbranched alkanes of at least 4 members (excludes halogenated alkanes) is 1. The van der Waals surface area contributed by atoms with Crippen LogP contribution in [0.5, 0.6) is 0 Å². The lowest BCUT2D eigenvalue weighted by Crippen LogP contribution is -2.18. The van der Waals surface area contributed by atoms with E-state index in [-0.39, 0.29) is 11.7 Å². The third-order valence-electron chi connectivity index (χ3n) is 2.36. The summed E-state index contributed by atoms with van der Waals surface area (Å²) in [6.45, 7) is 3.66. The molecule has 2 N–H and O–H groups in total. The van der Waals surface area contributed by atoms with Gasteiger partial charge < -0.3 is 10.1 Å². The molecule has 0 bridgehead atoms. The number of aromatic amines is 1. The van der Waals surface area contributed by atoms with Gasteiger partial charge in [0.1, 0.15) is 11.4 Å². The number of aromatic nitrogens is 1. The minimum absolute atomic E-state index is 0.100. The summed E-state index contributed by atoms with van der Waals surface area (Å²) >= 11 is 0. The van der Waals surface area contributed by atoms with Crippen molar-refractivity contribution in [2.24, 2.45) is 5.10 Å². The van der Waals surface area contributed by atoms with Crippen LogP contribution in [0.2, 0.25) is 0 Å². The predicted molar refractivity (Wildman–Crippen MR) is 67.3 cm³/mol. The molecule has 0 aliphatic carbocycles. The number of hydrogen-bond donors (Lipinski definition) is 2. The van der Waals surface area contributed by atoms with Crippen LogP contribution < -0.4 is 5.43 Å². The van der Waals surface area contributed by atoms with Crippen molar-refractivity contribution in [2.75, 3.05) is 0 Å². The van der Waals surface area contributed by atoms with E-state index in [0.29, 0.717) is 17.8 Å². The van der Waals surface area contributed by atoms with E-state index < -0.39 is 4.92 Å². The first-order valence-corrected chi connectivity index (χ1v) is 5.71. The normalized spacial score (nSPS) is 11.3. The molecular formula is C11H16N4O3. The molecule has 0 fully saturated rings. The van der Waals surface area contributed by atoms with Gasteiger partial charge in [0.2, 0.25) is 5.91 Å². The molecule has 0 saturated carbocycles. The molecule has 0 saturated heterocycles. The fraction of sp³-hybridized carbons (Fsp3) is 0.455. The molecule has 7 nitrogen and oxygen atoms in total. The van der Waals surface area contributed by atoms with E-state index in [1.54, 1.807) is 13.0 Å². The molecule has 7 heteroatoms. The number of nitrogens with one attached hydrogen (secondary N) is 2. The van der Waals surface area contributed by atoms with E-state index in [4.69, 9.17) is 0 Å². The van der Waals surface area contributed by atoms with Gasteiger partial charge in [-0.1, -0.05) is 13.3 Å². The van der Waals surface area contributed by atoms with Gasteiger partial charge in [0.15, 0.2) is 0 Å². The zero-order valence-electron chi connectivity index (χ0n) is 10.4. The van der Waals surface area contributed by atoms with Crippen molar-refractivity contribution in [2.45, 2.75) is 33.1 Å². The summed E-state index contributed by atoms with van der Waals surface area (Å²) < 4.78 is 0. The largest absolute Gasteiger partial charge is 0.358 e. The fourth-order valence-corrected chi connectivity index (χ4v) is 1.30. The molecule has 0 unspecified atom stereocenters. The first-order valence-electron chi connectivity index (χ1n) is 5.71. The average molecular weight is 252 g/mol. The minimum Gasteiger partial charge on any atom is -0.358 e. The maximum absolute atomic E-state index is 11.3. The topological polar surface area (TPSA) is 100 Å². The molecule has 1 aromatic rings. The number of rotatable bonds is 6. The first-order chi connectivity index (χ1) is 8.54. The van der Waals surface area contributed by atoms with Gasteiger partial charge >= 0.3 is 5.82 Å². The molecule has 0 aliphatic heterocycles. The number of hydrogen-bond acceptors (Lipinski definition) is 4. The van der Waals surface area contributed by atoms with Gasteiger partial charge in [0, 0.05) is 12.5 Å². The fourth-order valence-electron chi connectivity index (χ4n) is 1.30. The molecule has 1 heterocycles. The highest BCUT2D eigenvalue weighted by Crippen LogP contribution is 2.10. The van der Waals surface area contributed by atoms with E-state index in [2.05, 4.69) is 15.5 Å². The number of hydrazone groups is 1. The molecule has 1 aromatic heterocycles. The maximum Gasteiger partial charge on any atom is 0.321 e. The lowest BCUT2D eigenvalue weighted by molar-refractivity contribution is -0.389. The number of amides is 1. The van der Waals surface area contributed by atoms with Crippen LogP contribution in [-0.2, 0) is 4.79 Å². The number of nitro groups is 1. The average Bonchev–Trinajstić information content (AvgIpc) is 2.83. The van der Waals surface area contributed by atoms with Gasteiger partial charge in [0.05, 0.1) is 0 Å². The van der Waals surface area contributed by atoms with Crippen molar-refractivity contribution < 1.29 is 9.72 Å². The summed E-state index contributed by atoms with van der Waals surface area (Å²) in [6.07, 6.45) is 2.19. The van der Waals surface area contributed by atoms with Crippen molar-refractivity contribution >= 4 is 17.4 Å². The third-order valence-corrected chi connectivity index (χ3v) is 2.36. The van der Waals surface area contributed by atoms with Crippen molar-refractivity contribution in [3.63, 3.8) is 0 Å². The highest BCUT2D eigenvalue weighted by atomic mass is 16.6. The Hall–Kier alpha value is -2.18. The predicted octanol–water partition coefficient (Wildman–Crippen LogP) is 1.95. The SMILES string of the molecule is CCCCC(=O)N/N=C(\C)c1ccc([N+](=O)[O-])[nH]1. The zero-order valence-corrected chi connectivity index (χ0v) is 10.4. The second kappa shape index (κ2) is 6.53. The number of carbonyl (C=O) groups is 1. The van der Waals surface area contributed by atoms with Crippen molar-refractivity contribution in [3.05, 3.63) is 27.9 Å². The molecule has 1 amide bonds. The molecular weight excluding hydrogens is 236 g/mol. The Bertz CT molecular complexity index is 465. The van der Waals surface area contributed by atoms with E-state index >= 15 is 0 Å². The summed E-state index contributed by atoms with van der Waals surface area (Å²) in [5.74, 6) is -0.255. The summed E-state index contributed by atoms with van der Waals surface area (Å²) in [7, 11) is 0. The van der Waals surface area contributed by atoms with Gasteiger partial charge in [-0.25, -0.2) is 10.4 Å². The highest BCUT2D eigenvalue weighted by Gasteiger charge is 2.10. The van der Waals surface area contributed by atoms with Crippen LogP contribution in [0, 0.1) is 10.1 Å². The van der Waals surface area contributed by atoms with Crippen LogP contribution in [0.4, 0.5) is 5.82 Å². The van der Waals surface area contributed by atoms with Crippen LogP contribution in [0.25, 0.3) is 0 Å². The number of carbonyl (C=O) groups excluding carboxylic acids is 1. The molecule has 0 spiro atoms. The van der Waals surface area contributed by atoms with Gasteiger partial charge in [-0.05, 0) is 24.3 Å². The van der Waals surface area contributed by atoms with E-state index in [1.807, 2.05) is 6.92 Å². The van der Waals surface area contributed by atoms with Crippen LogP contribution in [0.15, 0.2) is 17.2 Å². The van der Waals surface area contributed by atoms with Crippen LogP contribution >= 0.6 is 0 Å². The van der Waals surface area contributed by atoms with E-state index in [1.165, 1.54) is 6.07 Å². The lowest BCUT2D eigenvalue weighted by Gasteiger charge is -1.99. The lowest BCUT2D eigenvalue weighted by atomic mass is 10.2.